The molecule has 0 fully saturated rings. The van der Waals surface area contributed by atoms with E-state index in [1.54, 1.807) is 45.9 Å². The largest absolute Gasteiger partial charge is 0.462 e. The zero-order chi connectivity index (χ0) is 20.9. The second kappa shape index (κ2) is 8.83. The third-order valence-electron chi connectivity index (χ3n) is 3.94. The van der Waals surface area contributed by atoms with E-state index in [1.165, 1.54) is 12.1 Å². The minimum absolute atomic E-state index is 0.0300. The molecule has 9 heteroatoms. The lowest BCUT2D eigenvalue weighted by atomic mass is 10.1. The van der Waals surface area contributed by atoms with Crippen LogP contribution in [0.5, 0.6) is 0 Å². The number of pyridine rings is 1. The van der Waals surface area contributed by atoms with E-state index in [0.29, 0.717) is 28.2 Å². The first-order chi connectivity index (χ1) is 13.2. The molecule has 0 aliphatic rings. The van der Waals surface area contributed by atoms with Crippen LogP contribution in [0.25, 0.3) is 0 Å². The summed E-state index contributed by atoms with van der Waals surface area (Å²) in [5.41, 5.74) is 2.47. The van der Waals surface area contributed by atoms with Gasteiger partial charge >= 0.3 is 5.97 Å². The molecule has 1 aromatic carbocycles. The fourth-order valence-corrected chi connectivity index (χ4v) is 3.11. The summed E-state index contributed by atoms with van der Waals surface area (Å²) in [6.45, 7) is 6.88. The summed E-state index contributed by atoms with van der Waals surface area (Å²) < 4.78 is 30.8. The summed E-state index contributed by atoms with van der Waals surface area (Å²) in [5.74, 6) is -0.961. The molecule has 2 N–H and O–H groups in total. The number of ether oxygens (including phenoxy) is 1. The molecule has 28 heavy (non-hydrogen) atoms. The summed E-state index contributed by atoms with van der Waals surface area (Å²) in [6, 6.07) is 7.79. The maximum atomic E-state index is 12.4. The number of carbonyl (C=O) groups is 2. The number of hydrogen-bond acceptors (Lipinski definition) is 6. The number of nitrogens with one attached hydrogen (secondary N) is 2. The van der Waals surface area contributed by atoms with Gasteiger partial charge in [0.05, 0.1) is 29.3 Å². The molecule has 150 valence electrons. The minimum Gasteiger partial charge on any atom is -0.462 e. The Morgan fingerprint density at radius 3 is 2.39 bits per heavy atom. The molecule has 0 atom stereocenters. The van der Waals surface area contributed by atoms with Crippen LogP contribution in [-0.2, 0) is 14.8 Å². The Bertz CT molecular complexity index is 1000. The van der Waals surface area contributed by atoms with Crippen LogP contribution in [0.4, 0.5) is 11.4 Å². The topological polar surface area (TPSA) is 114 Å². The average molecular weight is 405 g/mol. The Morgan fingerprint density at radius 1 is 1.11 bits per heavy atom. The van der Waals surface area contributed by atoms with Crippen LogP contribution >= 0.6 is 0 Å². The van der Waals surface area contributed by atoms with Gasteiger partial charge in [-0.25, -0.2) is 18.2 Å². The van der Waals surface area contributed by atoms with Crippen LogP contribution in [0, 0.1) is 13.8 Å². The first kappa shape index (κ1) is 21.4. The van der Waals surface area contributed by atoms with Gasteiger partial charge in [0.2, 0.25) is 10.0 Å². The summed E-state index contributed by atoms with van der Waals surface area (Å²) in [5, 5.41) is 2.71. The van der Waals surface area contributed by atoms with E-state index in [1.807, 2.05) is 0 Å². The highest BCUT2D eigenvalue weighted by Gasteiger charge is 2.15. The van der Waals surface area contributed by atoms with Gasteiger partial charge in [-0.2, -0.15) is 0 Å². The third-order valence-corrected chi connectivity index (χ3v) is 5.23. The minimum atomic E-state index is -3.38. The number of amides is 1. The van der Waals surface area contributed by atoms with E-state index >= 15 is 0 Å². The number of nitrogens with zero attached hydrogens (tertiary/aromatic N) is 1. The zero-order valence-corrected chi connectivity index (χ0v) is 17.0. The highest BCUT2D eigenvalue weighted by atomic mass is 32.2. The highest BCUT2D eigenvalue weighted by molar-refractivity contribution is 7.92. The van der Waals surface area contributed by atoms with Gasteiger partial charge in [0.25, 0.3) is 5.91 Å². The number of anilines is 2. The molecule has 0 unspecified atom stereocenters. The zero-order valence-electron chi connectivity index (χ0n) is 16.2. The van der Waals surface area contributed by atoms with Gasteiger partial charge < -0.3 is 10.1 Å². The van der Waals surface area contributed by atoms with Gasteiger partial charge in [-0.3, -0.25) is 9.52 Å². The lowest BCUT2D eigenvalue weighted by Gasteiger charge is -2.12. The van der Waals surface area contributed by atoms with Crippen molar-refractivity contribution in [1.82, 2.24) is 4.98 Å². The van der Waals surface area contributed by atoms with E-state index in [2.05, 4.69) is 15.0 Å². The van der Waals surface area contributed by atoms with Gasteiger partial charge in [-0.1, -0.05) is 0 Å². The molecule has 0 radical (unpaired) electrons. The smallest absolute Gasteiger partial charge is 0.339 e. The van der Waals surface area contributed by atoms with Crippen molar-refractivity contribution in [1.29, 1.82) is 0 Å². The lowest BCUT2D eigenvalue weighted by molar-refractivity contribution is 0.0524. The molecule has 0 spiro atoms. The Morgan fingerprint density at radius 2 is 1.82 bits per heavy atom. The number of rotatable bonds is 7. The van der Waals surface area contributed by atoms with Gasteiger partial charge in [0.1, 0.15) is 5.69 Å². The number of carbonyl (C=O) groups excluding carboxylic acids is 2. The van der Waals surface area contributed by atoms with Crippen molar-refractivity contribution < 1.29 is 22.7 Å². The standard InChI is InChI=1S/C19H23N3O5S/c1-5-27-19(24)15-8-10-17(20-13(15)4)18(23)21-14-7-9-16(12(3)11-14)22-28(25,26)6-2/h7-11,22H,5-6H2,1-4H3,(H,21,23). The molecule has 0 aliphatic carbocycles. The first-order valence-electron chi connectivity index (χ1n) is 8.74. The van der Waals surface area contributed by atoms with Gasteiger partial charge in [0.15, 0.2) is 0 Å². The number of esters is 1. The molecule has 2 aromatic rings. The number of sulfonamides is 1. The van der Waals surface area contributed by atoms with Gasteiger partial charge in [-0.05, 0) is 63.6 Å². The quantitative estimate of drug-likeness (QED) is 0.685. The van der Waals surface area contributed by atoms with Crippen molar-refractivity contribution in [3.05, 3.63) is 52.8 Å². The third kappa shape index (κ3) is 5.29. The van der Waals surface area contributed by atoms with E-state index in [9.17, 15) is 18.0 Å². The van der Waals surface area contributed by atoms with Gasteiger partial charge in [-0.15, -0.1) is 0 Å². The fourth-order valence-electron chi connectivity index (χ4n) is 2.40. The molecule has 0 saturated carbocycles. The molecule has 0 saturated heterocycles. The Kier molecular flexibility index (Phi) is 6.74. The molecule has 2 rings (SSSR count). The summed E-state index contributed by atoms with van der Waals surface area (Å²) in [4.78, 5) is 28.4. The number of hydrogen-bond donors (Lipinski definition) is 2. The summed E-state index contributed by atoms with van der Waals surface area (Å²) in [7, 11) is -3.38. The molecule has 8 nitrogen and oxygen atoms in total. The maximum absolute atomic E-state index is 12.4. The van der Waals surface area contributed by atoms with E-state index in [0.717, 1.165) is 0 Å². The maximum Gasteiger partial charge on any atom is 0.339 e. The second-order valence-corrected chi connectivity index (χ2v) is 8.05. The van der Waals surface area contributed by atoms with Crippen molar-refractivity contribution in [2.75, 3.05) is 22.4 Å². The van der Waals surface area contributed by atoms with Crippen LogP contribution in [-0.4, -0.2) is 37.6 Å². The number of aryl methyl sites for hydroxylation is 2. The highest BCUT2D eigenvalue weighted by Crippen LogP contribution is 2.21. The van der Waals surface area contributed by atoms with Crippen LogP contribution in [0.15, 0.2) is 30.3 Å². The Labute approximate surface area is 164 Å². The van der Waals surface area contributed by atoms with Crippen LogP contribution in [0.3, 0.4) is 0 Å². The predicted octanol–water partition coefficient (Wildman–Crippen LogP) is 2.89. The molecule has 0 aliphatic heterocycles. The van der Waals surface area contributed by atoms with Crippen LogP contribution in [0.1, 0.15) is 46.0 Å². The Balaban J connectivity index is 2.16. The van der Waals surface area contributed by atoms with E-state index in [-0.39, 0.29) is 18.1 Å². The van der Waals surface area contributed by atoms with Crippen molar-refractivity contribution >= 4 is 33.3 Å². The van der Waals surface area contributed by atoms with E-state index < -0.39 is 21.9 Å². The molecule has 0 bridgehead atoms. The SMILES string of the molecule is CCOC(=O)c1ccc(C(=O)Nc2ccc(NS(=O)(=O)CC)c(C)c2)nc1C. The number of benzene rings is 1. The average Bonchev–Trinajstić information content (AvgIpc) is 2.64. The fraction of sp³-hybridized carbons (Fsp3) is 0.316. The second-order valence-electron chi connectivity index (χ2n) is 6.04. The van der Waals surface area contributed by atoms with Crippen molar-refractivity contribution in [3.63, 3.8) is 0 Å². The van der Waals surface area contributed by atoms with Crippen LogP contribution < -0.4 is 10.0 Å². The molecule has 1 heterocycles. The van der Waals surface area contributed by atoms with Crippen molar-refractivity contribution in [2.24, 2.45) is 0 Å². The normalized spacial score (nSPS) is 11.0. The molecule has 1 amide bonds. The Hall–Kier alpha value is -2.94. The van der Waals surface area contributed by atoms with Gasteiger partial charge in [0, 0.05) is 5.69 Å². The van der Waals surface area contributed by atoms with Crippen LogP contribution in [0.2, 0.25) is 0 Å². The summed E-state index contributed by atoms with van der Waals surface area (Å²) in [6.07, 6.45) is 0. The number of aromatic nitrogens is 1. The van der Waals surface area contributed by atoms with E-state index in [4.69, 9.17) is 4.74 Å². The van der Waals surface area contributed by atoms with Crippen molar-refractivity contribution in [2.45, 2.75) is 27.7 Å². The molecule has 1 aromatic heterocycles. The summed E-state index contributed by atoms with van der Waals surface area (Å²) >= 11 is 0. The lowest BCUT2D eigenvalue weighted by Crippen LogP contribution is -2.17. The molecular weight excluding hydrogens is 382 g/mol. The molecular formula is C19H23N3O5S. The monoisotopic (exact) mass is 405 g/mol. The predicted molar refractivity (Wildman–Crippen MR) is 107 cm³/mol. The first-order valence-corrected chi connectivity index (χ1v) is 10.4. The van der Waals surface area contributed by atoms with Crippen molar-refractivity contribution in [3.8, 4) is 0 Å².